The number of nitrogens with one attached hydrogen (secondary N) is 2. The van der Waals surface area contributed by atoms with Crippen LogP contribution in [0.2, 0.25) is 0 Å². The van der Waals surface area contributed by atoms with Crippen LogP contribution in [0, 0.1) is 0 Å². The molecule has 0 saturated heterocycles. The molecule has 1 aromatic heterocycles. The Bertz CT molecular complexity index is 774. The molecule has 0 aliphatic rings. The molecule has 0 radical (unpaired) electrons. The minimum Gasteiger partial charge on any atom is -0.466 e. The summed E-state index contributed by atoms with van der Waals surface area (Å²) >= 11 is 0. The Labute approximate surface area is 138 Å². The molecule has 0 aliphatic carbocycles. The highest BCUT2D eigenvalue weighted by atomic mass is 16.5. The van der Waals surface area contributed by atoms with Crippen molar-refractivity contribution in [2.45, 2.75) is 19.9 Å². The SMILES string of the molecule is CCOC(=O)CCNC(=O)NCCn1nnc2ccccc2c1=O. The number of amides is 2. The summed E-state index contributed by atoms with van der Waals surface area (Å²) in [6.45, 7) is 2.61. The van der Waals surface area contributed by atoms with Crippen LogP contribution >= 0.6 is 0 Å². The maximum Gasteiger partial charge on any atom is 0.314 e. The van der Waals surface area contributed by atoms with Gasteiger partial charge in [-0.25, -0.2) is 9.48 Å². The summed E-state index contributed by atoms with van der Waals surface area (Å²) in [6, 6.07) is 6.50. The molecule has 24 heavy (non-hydrogen) atoms. The molecule has 0 aliphatic heterocycles. The number of ether oxygens (including phenoxy) is 1. The number of esters is 1. The van der Waals surface area contributed by atoms with Gasteiger partial charge in [-0.1, -0.05) is 17.3 Å². The standard InChI is InChI=1S/C15H19N5O4/c1-2-24-13(21)7-8-16-15(23)17-9-10-20-14(22)11-5-3-4-6-12(11)18-19-20/h3-6H,2,7-10H2,1H3,(H2,16,17,23). The summed E-state index contributed by atoms with van der Waals surface area (Å²) < 4.78 is 5.94. The Morgan fingerprint density at radius 2 is 1.96 bits per heavy atom. The number of urea groups is 1. The highest BCUT2D eigenvalue weighted by Crippen LogP contribution is 2.02. The fraction of sp³-hybridized carbons (Fsp3) is 0.400. The molecule has 0 spiro atoms. The number of aromatic nitrogens is 3. The van der Waals surface area contributed by atoms with Crippen LogP contribution in [0.15, 0.2) is 29.1 Å². The molecule has 128 valence electrons. The van der Waals surface area contributed by atoms with Crippen LogP contribution in [0.3, 0.4) is 0 Å². The second kappa shape index (κ2) is 8.61. The largest absolute Gasteiger partial charge is 0.466 e. The van der Waals surface area contributed by atoms with Crippen LogP contribution in [0.25, 0.3) is 10.9 Å². The van der Waals surface area contributed by atoms with Crippen molar-refractivity contribution in [3.63, 3.8) is 0 Å². The molecule has 1 aromatic carbocycles. The number of carbonyl (C=O) groups is 2. The van der Waals surface area contributed by atoms with Crippen molar-refractivity contribution < 1.29 is 14.3 Å². The first-order valence-electron chi connectivity index (χ1n) is 7.61. The number of hydrogen-bond donors (Lipinski definition) is 2. The van der Waals surface area contributed by atoms with Gasteiger partial charge in [0, 0.05) is 13.1 Å². The second-order valence-electron chi connectivity index (χ2n) is 4.87. The van der Waals surface area contributed by atoms with Crippen molar-refractivity contribution in [2.75, 3.05) is 19.7 Å². The Kier molecular flexibility index (Phi) is 6.23. The third kappa shape index (κ3) is 4.77. The fourth-order valence-corrected chi connectivity index (χ4v) is 2.02. The molecule has 2 amide bonds. The lowest BCUT2D eigenvalue weighted by molar-refractivity contribution is -0.142. The maximum absolute atomic E-state index is 12.2. The number of carbonyl (C=O) groups excluding carboxylic acids is 2. The summed E-state index contributed by atoms with van der Waals surface area (Å²) in [4.78, 5) is 34.9. The zero-order valence-corrected chi connectivity index (χ0v) is 13.3. The van der Waals surface area contributed by atoms with Gasteiger partial charge in [0.15, 0.2) is 0 Å². The zero-order chi connectivity index (χ0) is 17.4. The minimum atomic E-state index is -0.430. The second-order valence-corrected chi connectivity index (χ2v) is 4.87. The van der Waals surface area contributed by atoms with Crippen molar-refractivity contribution in [3.8, 4) is 0 Å². The third-order valence-electron chi connectivity index (χ3n) is 3.16. The van der Waals surface area contributed by atoms with Gasteiger partial charge in [0.1, 0.15) is 5.52 Å². The van der Waals surface area contributed by atoms with Crippen LogP contribution in [0.1, 0.15) is 13.3 Å². The predicted octanol–water partition coefficient (Wildman–Crippen LogP) is 0.0439. The molecule has 0 bridgehead atoms. The van der Waals surface area contributed by atoms with Crippen molar-refractivity contribution in [1.29, 1.82) is 0 Å². The molecule has 9 nitrogen and oxygen atoms in total. The van der Waals surface area contributed by atoms with Gasteiger partial charge in [-0.3, -0.25) is 9.59 Å². The van der Waals surface area contributed by atoms with E-state index in [0.717, 1.165) is 0 Å². The summed E-state index contributed by atoms with van der Waals surface area (Å²) in [6.07, 6.45) is 0.108. The number of nitrogens with zero attached hydrogens (tertiary/aromatic N) is 3. The van der Waals surface area contributed by atoms with Gasteiger partial charge in [0.05, 0.1) is 25.0 Å². The zero-order valence-electron chi connectivity index (χ0n) is 13.3. The van der Waals surface area contributed by atoms with Crippen molar-refractivity contribution in [2.24, 2.45) is 0 Å². The van der Waals surface area contributed by atoms with E-state index < -0.39 is 6.03 Å². The van der Waals surface area contributed by atoms with Gasteiger partial charge in [-0.2, -0.15) is 0 Å². The molecule has 0 saturated carbocycles. The van der Waals surface area contributed by atoms with E-state index in [2.05, 4.69) is 20.9 Å². The van der Waals surface area contributed by atoms with Crippen LogP contribution in [0.4, 0.5) is 4.79 Å². The van der Waals surface area contributed by atoms with Crippen LogP contribution < -0.4 is 16.2 Å². The topological polar surface area (TPSA) is 115 Å². The monoisotopic (exact) mass is 333 g/mol. The lowest BCUT2D eigenvalue weighted by Crippen LogP contribution is -2.39. The van der Waals surface area contributed by atoms with Crippen molar-refractivity contribution in [3.05, 3.63) is 34.6 Å². The minimum absolute atomic E-state index is 0.108. The quantitative estimate of drug-likeness (QED) is 0.692. The molecule has 0 fully saturated rings. The molecule has 2 aromatic rings. The molecule has 2 N–H and O–H groups in total. The van der Waals surface area contributed by atoms with Gasteiger partial charge in [-0.05, 0) is 19.1 Å². The molecule has 2 rings (SSSR count). The Balaban J connectivity index is 1.78. The predicted molar refractivity (Wildman–Crippen MR) is 86.4 cm³/mol. The highest BCUT2D eigenvalue weighted by Gasteiger charge is 2.06. The fourth-order valence-electron chi connectivity index (χ4n) is 2.02. The Morgan fingerprint density at radius 3 is 2.75 bits per heavy atom. The highest BCUT2D eigenvalue weighted by molar-refractivity contribution is 5.76. The lowest BCUT2D eigenvalue weighted by Gasteiger charge is -2.08. The molecule has 0 atom stereocenters. The number of hydrogen-bond acceptors (Lipinski definition) is 6. The number of fused-ring (bicyclic) bond motifs is 1. The summed E-state index contributed by atoms with van der Waals surface area (Å²) in [7, 11) is 0. The Morgan fingerprint density at radius 1 is 1.21 bits per heavy atom. The van der Waals surface area contributed by atoms with Gasteiger partial charge in [0.25, 0.3) is 5.56 Å². The lowest BCUT2D eigenvalue weighted by atomic mass is 10.2. The van der Waals surface area contributed by atoms with E-state index in [1.165, 1.54) is 4.68 Å². The summed E-state index contributed by atoms with van der Waals surface area (Å²) in [5.74, 6) is -0.365. The van der Waals surface area contributed by atoms with E-state index in [0.29, 0.717) is 17.5 Å². The molecule has 0 unspecified atom stereocenters. The average Bonchev–Trinajstić information content (AvgIpc) is 2.57. The Hall–Kier alpha value is -2.97. The summed E-state index contributed by atoms with van der Waals surface area (Å²) in [5.41, 5.74) is 0.272. The first kappa shape index (κ1) is 17.4. The average molecular weight is 333 g/mol. The third-order valence-corrected chi connectivity index (χ3v) is 3.16. The normalized spacial score (nSPS) is 10.4. The molecular weight excluding hydrogens is 314 g/mol. The van der Waals surface area contributed by atoms with Crippen LogP contribution in [-0.2, 0) is 16.1 Å². The van der Waals surface area contributed by atoms with E-state index in [4.69, 9.17) is 4.74 Å². The van der Waals surface area contributed by atoms with Gasteiger partial charge >= 0.3 is 12.0 Å². The van der Waals surface area contributed by atoms with Gasteiger partial charge < -0.3 is 15.4 Å². The van der Waals surface area contributed by atoms with E-state index in [1.54, 1.807) is 31.2 Å². The summed E-state index contributed by atoms with van der Waals surface area (Å²) in [5, 5.41) is 13.4. The van der Waals surface area contributed by atoms with E-state index in [-0.39, 0.29) is 37.6 Å². The van der Waals surface area contributed by atoms with Gasteiger partial charge in [0.2, 0.25) is 0 Å². The molecular formula is C15H19N5O4. The van der Waals surface area contributed by atoms with E-state index in [1.807, 2.05) is 0 Å². The van der Waals surface area contributed by atoms with E-state index in [9.17, 15) is 14.4 Å². The molecule has 9 heteroatoms. The van der Waals surface area contributed by atoms with Crippen molar-refractivity contribution in [1.82, 2.24) is 25.6 Å². The first-order valence-corrected chi connectivity index (χ1v) is 7.61. The molecule has 1 heterocycles. The number of rotatable bonds is 7. The van der Waals surface area contributed by atoms with E-state index >= 15 is 0 Å². The first-order chi connectivity index (χ1) is 11.6. The van der Waals surface area contributed by atoms with Gasteiger partial charge in [-0.15, -0.1) is 5.10 Å². The van der Waals surface area contributed by atoms with Crippen molar-refractivity contribution >= 4 is 22.9 Å². The van der Waals surface area contributed by atoms with Crippen LogP contribution in [0.5, 0.6) is 0 Å². The smallest absolute Gasteiger partial charge is 0.314 e. The maximum atomic E-state index is 12.2. The van der Waals surface area contributed by atoms with Crippen LogP contribution in [-0.4, -0.2) is 46.7 Å². The number of benzene rings is 1.